The van der Waals surface area contributed by atoms with E-state index in [1.165, 1.54) is 79.7 Å². The molecule has 0 atom stereocenters. The van der Waals surface area contributed by atoms with Crippen LogP contribution in [0.4, 0.5) is 0 Å². The number of thioether (sulfide) groups is 1. The molecule has 0 nitrogen and oxygen atoms in total. The zero-order chi connectivity index (χ0) is 29.7. The molecule has 5 aromatic carbocycles. The molecule has 0 amide bonds. The van der Waals surface area contributed by atoms with Crippen LogP contribution in [0.5, 0.6) is 0 Å². The van der Waals surface area contributed by atoms with E-state index in [0.717, 1.165) is 0 Å². The summed E-state index contributed by atoms with van der Waals surface area (Å²) >= 11 is 5.43. The quantitative estimate of drug-likeness (QED) is 0.165. The Bertz CT molecular complexity index is 2060. The Balaban J connectivity index is 1.23. The third kappa shape index (κ3) is 4.80. The second kappa shape index (κ2) is 11.1. The lowest BCUT2D eigenvalue weighted by Gasteiger charge is -2.22. The van der Waals surface area contributed by atoms with Crippen molar-refractivity contribution in [3.8, 4) is 33.4 Å². The summed E-state index contributed by atoms with van der Waals surface area (Å²) in [6.45, 7) is 12.8. The number of rotatable bonds is 7. The Morgan fingerprint density at radius 1 is 0.651 bits per heavy atom. The largest absolute Gasteiger partial charge is 0.135 e. The van der Waals surface area contributed by atoms with Crippen molar-refractivity contribution in [3.63, 3.8) is 0 Å². The van der Waals surface area contributed by atoms with E-state index in [9.17, 15) is 0 Å². The summed E-state index contributed by atoms with van der Waals surface area (Å²) < 4.78 is 1.26. The van der Waals surface area contributed by atoms with Gasteiger partial charge >= 0.3 is 0 Å². The average molecular weight is 609 g/mol. The highest BCUT2D eigenvalue weighted by Crippen LogP contribution is 2.51. The van der Waals surface area contributed by atoms with Crippen molar-refractivity contribution < 1.29 is 0 Å². The van der Waals surface area contributed by atoms with Crippen molar-refractivity contribution in [1.29, 1.82) is 0 Å². The van der Waals surface area contributed by atoms with Gasteiger partial charge in [0.2, 0.25) is 0 Å². The molecule has 0 bridgehead atoms. The third-order valence-corrected chi connectivity index (χ3v) is 11.8. The van der Waals surface area contributed by atoms with Crippen molar-refractivity contribution in [2.45, 2.75) is 33.9 Å². The highest BCUT2D eigenvalue weighted by Gasteiger charge is 2.36. The molecule has 0 aliphatic heterocycles. The zero-order valence-electron chi connectivity index (χ0n) is 24.6. The minimum Gasteiger partial charge on any atom is -0.135 e. The van der Waals surface area contributed by atoms with Crippen molar-refractivity contribution in [3.05, 3.63) is 138 Å². The van der Waals surface area contributed by atoms with Crippen LogP contribution in [0.3, 0.4) is 0 Å². The summed E-state index contributed by atoms with van der Waals surface area (Å²) in [6.07, 6.45) is 6.03. The Morgan fingerprint density at radius 3 is 2.02 bits per heavy atom. The summed E-state index contributed by atoms with van der Waals surface area (Å²) in [5.74, 6) is 0. The number of hydrogen-bond acceptors (Lipinski definition) is 3. The van der Waals surface area contributed by atoms with Gasteiger partial charge in [0.1, 0.15) is 0 Å². The number of fused-ring (bicyclic) bond motifs is 4. The monoisotopic (exact) mass is 608 g/mol. The van der Waals surface area contributed by atoms with Crippen LogP contribution in [0, 0.1) is 0 Å². The second-order valence-corrected chi connectivity index (χ2v) is 14.5. The molecule has 1 heterocycles. The van der Waals surface area contributed by atoms with Gasteiger partial charge in [-0.25, -0.2) is 0 Å². The Hall–Kier alpha value is -3.76. The normalized spacial score (nSPS) is 13.1. The van der Waals surface area contributed by atoms with Gasteiger partial charge in [0.25, 0.3) is 0 Å². The predicted molar refractivity (Wildman–Crippen MR) is 193 cm³/mol. The maximum absolute atomic E-state index is 4.06. The molecular weight excluding hydrogens is 577 g/mol. The van der Waals surface area contributed by atoms with E-state index in [0.29, 0.717) is 0 Å². The highest BCUT2D eigenvalue weighted by atomic mass is 32.2. The Morgan fingerprint density at radius 2 is 1.30 bits per heavy atom. The first-order valence-corrected chi connectivity index (χ1v) is 17.3. The molecule has 0 unspecified atom stereocenters. The lowest BCUT2D eigenvalue weighted by Crippen LogP contribution is -2.15. The summed E-state index contributed by atoms with van der Waals surface area (Å²) in [4.78, 5) is 5.09. The molecule has 0 N–H and O–H groups in total. The molecule has 43 heavy (non-hydrogen) atoms. The smallest absolute Gasteiger partial charge is 0.0355 e. The van der Waals surface area contributed by atoms with Crippen LogP contribution in [0.2, 0.25) is 0 Å². The van der Waals surface area contributed by atoms with Crippen molar-refractivity contribution in [2.75, 3.05) is 6.26 Å². The molecule has 7 rings (SSSR count). The molecule has 210 valence electrons. The SMILES string of the molecule is C=Cc1sc2ccc(-c3cccc(-c4ccc5c(c4)C(C)(C)c4cc(Sc6ccccc6SC)ccc4-5)c3)cc2c1C=C. The maximum atomic E-state index is 4.06. The number of hydrogen-bond donors (Lipinski definition) is 0. The minimum absolute atomic E-state index is 0.0815. The Kier molecular flexibility index (Phi) is 7.21. The first-order chi connectivity index (χ1) is 20.9. The van der Waals surface area contributed by atoms with E-state index >= 15 is 0 Å². The first-order valence-electron chi connectivity index (χ1n) is 14.4. The molecule has 3 heteroatoms. The molecule has 0 radical (unpaired) electrons. The van der Waals surface area contributed by atoms with Crippen LogP contribution < -0.4 is 0 Å². The van der Waals surface area contributed by atoms with E-state index in [1.54, 1.807) is 23.1 Å². The molecule has 1 aliphatic rings. The fourth-order valence-electron chi connectivity index (χ4n) is 6.35. The number of thiophene rings is 1. The lowest BCUT2D eigenvalue weighted by atomic mass is 9.81. The second-order valence-electron chi connectivity index (χ2n) is 11.4. The van der Waals surface area contributed by atoms with Crippen LogP contribution in [0.1, 0.15) is 35.4 Å². The summed E-state index contributed by atoms with van der Waals surface area (Å²) in [6, 6.07) is 38.4. The molecule has 0 saturated carbocycles. The zero-order valence-corrected chi connectivity index (χ0v) is 27.1. The van der Waals surface area contributed by atoms with Gasteiger partial charge < -0.3 is 0 Å². The van der Waals surface area contributed by atoms with Gasteiger partial charge in [-0.15, -0.1) is 23.1 Å². The van der Waals surface area contributed by atoms with E-state index < -0.39 is 0 Å². The molecule has 6 aromatic rings. The van der Waals surface area contributed by atoms with E-state index in [-0.39, 0.29) is 5.41 Å². The van der Waals surface area contributed by atoms with Gasteiger partial charge in [-0.05, 0) is 105 Å². The van der Waals surface area contributed by atoms with Crippen LogP contribution >= 0.6 is 34.9 Å². The topological polar surface area (TPSA) is 0 Å². The van der Waals surface area contributed by atoms with Crippen molar-refractivity contribution >= 4 is 57.1 Å². The number of benzene rings is 5. The van der Waals surface area contributed by atoms with Gasteiger partial charge in [0, 0.05) is 35.1 Å². The first kappa shape index (κ1) is 28.0. The summed E-state index contributed by atoms with van der Waals surface area (Å²) in [5, 5.41) is 1.24. The Labute approximate surface area is 267 Å². The molecule has 1 aliphatic carbocycles. The van der Waals surface area contributed by atoms with E-state index in [2.05, 4.69) is 136 Å². The average Bonchev–Trinajstić information content (AvgIpc) is 3.52. The van der Waals surface area contributed by atoms with Crippen LogP contribution in [-0.4, -0.2) is 6.26 Å². The fraction of sp³-hybridized carbons (Fsp3) is 0.100. The lowest BCUT2D eigenvalue weighted by molar-refractivity contribution is 0.659. The van der Waals surface area contributed by atoms with Crippen LogP contribution in [0.15, 0.2) is 131 Å². The molecule has 0 fully saturated rings. The van der Waals surface area contributed by atoms with Gasteiger partial charge in [0.15, 0.2) is 0 Å². The molecular formula is C40H32S3. The van der Waals surface area contributed by atoms with Crippen LogP contribution in [-0.2, 0) is 5.41 Å². The summed E-state index contributed by atoms with van der Waals surface area (Å²) in [7, 11) is 0. The molecule has 1 aromatic heterocycles. The fourth-order valence-corrected chi connectivity index (χ4v) is 9.12. The van der Waals surface area contributed by atoms with E-state index in [4.69, 9.17) is 0 Å². The molecule has 0 spiro atoms. The van der Waals surface area contributed by atoms with Crippen molar-refractivity contribution in [2.24, 2.45) is 0 Å². The van der Waals surface area contributed by atoms with Gasteiger partial charge in [-0.2, -0.15) is 0 Å². The van der Waals surface area contributed by atoms with Crippen molar-refractivity contribution in [1.82, 2.24) is 0 Å². The third-order valence-electron chi connectivity index (χ3n) is 8.62. The van der Waals surface area contributed by atoms with Crippen LogP contribution in [0.25, 0.3) is 55.6 Å². The molecule has 0 saturated heterocycles. The maximum Gasteiger partial charge on any atom is 0.0355 e. The van der Waals surface area contributed by atoms with Gasteiger partial charge in [-0.1, -0.05) is 106 Å². The van der Waals surface area contributed by atoms with E-state index in [1.807, 2.05) is 23.9 Å². The summed E-state index contributed by atoms with van der Waals surface area (Å²) in [5.41, 5.74) is 11.5. The predicted octanol–water partition coefficient (Wildman–Crippen LogP) is 12.7. The van der Waals surface area contributed by atoms with Gasteiger partial charge in [0.05, 0.1) is 0 Å². The van der Waals surface area contributed by atoms with Gasteiger partial charge in [-0.3, -0.25) is 0 Å². The highest BCUT2D eigenvalue weighted by molar-refractivity contribution is 8.02. The minimum atomic E-state index is -0.0815. The standard InChI is InChI=1S/C40H32S3/c1-6-30-33-22-27(16-20-37(33)43-36(30)7-2)25-11-10-12-26(21-25)28-15-18-31-32-19-17-29(24-35(32)40(3,4)34(31)23-28)42-39-14-9-8-13-38(39)41-5/h6-24H,1-2H2,3-5H3.